The minimum absolute atomic E-state index is 0.0136. The van der Waals surface area contributed by atoms with Crippen molar-refractivity contribution in [1.82, 2.24) is 4.98 Å². The van der Waals surface area contributed by atoms with E-state index in [9.17, 15) is 14.9 Å². The van der Waals surface area contributed by atoms with Crippen molar-refractivity contribution in [3.05, 3.63) is 87.4 Å². The second kappa shape index (κ2) is 7.13. The molecule has 1 aromatic heterocycles. The largest absolute Gasteiger partial charge is 0.436 e. The van der Waals surface area contributed by atoms with Crippen LogP contribution in [0.25, 0.3) is 22.6 Å². The number of non-ortho nitro benzene ring substituents is 1. The summed E-state index contributed by atoms with van der Waals surface area (Å²) < 4.78 is 11.2. The molecule has 0 unspecified atom stereocenters. The number of hydrogen-bond donors (Lipinski definition) is 0. The predicted octanol–water partition coefficient (Wildman–Crippen LogP) is 5.28. The minimum Gasteiger partial charge on any atom is -0.436 e. The number of nitrogens with zero attached hydrogens (tertiary/aromatic N) is 2. The van der Waals surface area contributed by atoms with Crippen molar-refractivity contribution >= 4 is 34.4 Å². The van der Waals surface area contributed by atoms with Crippen LogP contribution in [-0.4, -0.2) is 15.9 Å². The smallest absolute Gasteiger partial charge is 0.345 e. The zero-order chi connectivity index (χ0) is 19.7. The highest BCUT2D eigenvalue weighted by atomic mass is 35.5. The Morgan fingerprint density at radius 1 is 1.07 bits per heavy atom. The molecule has 4 aromatic rings. The van der Waals surface area contributed by atoms with E-state index < -0.39 is 10.9 Å². The van der Waals surface area contributed by atoms with E-state index in [1.165, 1.54) is 12.1 Å². The van der Waals surface area contributed by atoms with Gasteiger partial charge in [0.25, 0.3) is 5.69 Å². The Morgan fingerprint density at radius 2 is 1.82 bits per heavy atom. The van der Waals surface area contributed by atoms with Crippen molar-refractivity contribution in [3.8, 4) is 17.2 Å². The Bertz CT molecular complexity index is 1190. The number of ether oxygens (including phenoxy) is 1. The van der Waals surface area contributed by atoms with E-state index in [-0.39, 0.29) is 22.0 Å². The number of aromatic nitrogens is 1. The van der Waals surface area contributed by atoms with E-state index in [0.717, 1.165) is 6.07 Å². The third-order valence-electron chi connectivity index (χ3n) is 4.00. The lowest BCUT2D eigenvalue weighted by molar-refractivity contribution is -0.384. The number of carbonyl (C=O) groups is 1. The van der Waals surface area contributed by atoms with Crippen LogP contribution >= 0.6 is 11.6 Å². The standard InChI is InChI=1S/C20H11ClN2O5/c21-15-11-12(23(25)26)9-10-13(15)20(24)28-17-7-3-1-5-14(17)19-22-16-6-2-4-8-18(16)27-19/h1-11H. The van der Waals surface area contributed by atoms with Gasteiger partial charge in [0.05, 0.1) is 21.1 Å². The van der Waals surface area contributed by atoms with Gasteiger partial charge in [0.15, 0.2) is 5.58 Å². The number of nitro benzene ring substituents is 1. The summed E-state index contributed by atoms with van der Waals surface area (Å²) in [6.45, 7) is 0. The van der Waals surface area contributed by atoms with Gasteiger partial charge in [0.1, 0.15) is 11.3 Å². The molecule has 0 bridgehead atoms. The molecule has 4 rings (SSSR count). The molecule has 0 spiro atoms. The Morgan fingerprint density at radius 3 is 2.57 bits per heavy atom. The maximum Gasteiger partial charge on any atom is 0.345 e. The molecule has 0 aliphatic rings. The molecule has 7 nitrogen and oxygen atoms in total. The van der Waals surface area contributed by atoms with Gasteiger partial charge in [-0.3, -0.25) is 10.1 Å². The number of halogens is 1. The van der Waals surface area contributed by atoms with Gasteiger partial charge >= 0.3 is 5.97 Å². The third-order valence-corrected chi connectivity index (χ3v) is 4.31. The van der Waals surface area contributed by atoms with Crippen LogP contribution in [0.4, 0.5) is 5.69 Å². The third kappa shape index (κ3) is 3.30. The molecular formula is C20H11ClN2O5. The lowest BCUT2D eigenvalue weighted by Gasteiger charge is -2.08. The number of esters is 1. The fraction of sp³-hybridized carbons (Fsp3) is 0. The van der Waals surface area contributed by atoms with Crippen molar-refractivity contribution in [1.29, 1.82) is 0 Å². The highest BCUT2D eigenvalue weighted by molar-refractivity contribution is 6.33. The molecule has 0 atom stereocenters. The monoisotopic (exact) mass is 394 g/mol. The van der Waals surface area contributed by atoms with E-state index in [2.05, 4.69) is 4.98 Å². The molecule has 0 radical (unpaired) electrons. The Labute approximate surface area is 163 Å². The van der Waals surface area contributed by atoms with Crippen LogP contribution < -0.4 is 4.74 Å². The maximum absolute atomic E-state index is 12.5. The Kier molecular flexibility index (Phi) is 4.50. The van der Waals surface area contributed by atoms with Gasteiger partial charge in [-0.25, -0.2) is 9.78 Å². The normalized spacial score (nSPS) is 10.8. The summed E-state index contributed by atoms with van der Waals surface area (Å²) in [5.41, 5.74) is 1.58. The lowest BCUT2D eigenvalue weighted by atomic mass is 10.2. The Balaban J connectivity index is 1.67. The molecule has 0 aliphatic carbocycles. The second-order valence-corrected chi connectivity index (χ2v) is 6.20. The summed E-state index contributed by atoms with van der Waals surface area (Å²) in [7, 11) is 0. The fourth-order valence-corrected chi connectivity index (χ4v) is 2.91. The van der Waals surface area contributed by atoms with Gasteiger partial charge < -0.3 is 9.15 Å². The molecule has 0 saturated carbocycles. The van der Waals surface area contributed by atoms with E-state index in [1.807, 2.05) is 18.2 Å². The molecule has 28 heavy (non-hydrogen) atoms. The average Bonchev–Trinajstić information content (AvgIpc) is 3.12. The molecule has 138 valence electrons. The van der Waals surface area contributed by atoms with Gasteiger partial charge in [-0.2, -0.15) is 0 Å². The Hall–Kier alpha value is -3.71. The maximum atomic E-state index is 12.5. The van der Waals surface area contributed by atoms with Gasteiger partial charge in [0.2, 0.25) is 5.89 Å². The molecule has 0 aliphatic heterocycles. The van der Waals surface area contributed by atoms with Gasteiger partial charge in [-0.05, 0) is 30.3 Å². The van der Waals surface area contributed by atoms with E-state index in [1.54, 1.807) is 30.3 Å². The molecule has 0 fully saturated rings. The number of carbonyl (C=O) groups excluding carboxylic acids is 1. The van der Waals surface area contributed by atoms with Crippen molar-refractivity contribution in [2.75, 3.05) is 0 Å². The zero-order valence-corrected chi connectivity index (χ0v) is 14.9. The summed E-state index contributed by atoms with van der Waals surface area (Å²) in [5, 5.41) is 10.7. The molecular weight excluding hydrogens is 384 g/mol. The van der Waals surface area contributed by atoms with Gasteiger partial charge in [-0.15, -0.1) is 0 Å². The number of fused-ring (bicyclic) bond motifs is 1. The molecule has 0 amide bonds. The van der Waals surface area contributed by atoms with Crippen molar-refractivity contribution in [3.63, 3.8) is 0 Å². The fourth-order valence-electron chi connectivity index (χ4n) is 2.66. The summed E-state index contributed by atoms with van der Waals surface area (Å²) in [6.07, 6.45) is 0. The summed E-state index contributed by atoms with van der Waals surface area (Å²) >= 11 is 6.01. The number of hydrogen-bond acceptors (Lipinski definition) is 6. The van der Waals surface area contributed by atoms with Crippen LogP contribution in [0.1, 0.15) is 10.4 Å². The molecule has 3 aromatic carbocycles. The minimum atomic E-state index is -0.747. The molecule has 0 saturated heterocycles. The first-order valence-electron chi connectivity index (χ1n) is 8.14. The first kappa shape index (κ1) is 17.7. The quantitative estimate of drug-likeness (QED) is 0.202. The number of benzene rings is 3. The van der Waals surface area contributed by atoms with Gasteiger partial charge in [0, 0.05) is 12.1 Å². The number of oxazole rings is 1. The first-order chi connectivity index (χ1) is 13.5. The highest BCUT2D eigenvalue weighted by Crippen LogP contribution is 2.32. The van der Waals surface area contributed by atoms with Gasteiger partial charge in [-0.1, -0.05) is 35.9 Å². The second-order valence-electron chi connectivity index (χ2n) is 5.79. The summed E-state index contributed by atoms with van der Waals surface area (Å²) in [5.74, 6) is -0.212. The molecule has 8 heteroatoms. The van der Waals surface area contributed by atoms with Crippen LogP contribution in [0.3, 0.4) is 0 Å². The number of nitro groups is 1. The summed E-state index contributed by atoms with van der Waals surface area (Å²) in [6, 6.07) is 17.6. The van der Waals surface area contributed by atoms with Crippen molar-refractivity contribution in [2.45, 2.75) is 0 Å². The van der Waals surface area contributed by atoms with E-state index >= 15 is 0 Å². The SMILES string of the molecule is O=C(Oc1ccccc1-c1nc2ccccc2o1)c1ccc([N+](=O)[O-])cc1Cl. The molecule has 0 N–H and O–H groups in total. The van der Waals surface area contributed by atoms with Crippen LogP contribution in [0, 0.1) is 10.1 Å². The van der Waals surface area contributed by atoms with Crippen LogP contribution in [0.2, 0.25) is 5.02 Å². The lowest BCUT2D eigenvalue weighted by Crippen LogP contribution is -2.10. The predicted molar refractivity (Wildman–Crippen MR) is 103 cm³/mol. The van der Waals surface area contributed by atoms with Crippen LogP contribution in [0.5, 0.6) is 5.75 Å². The molecule has 1 heterocycles. The first-order valence-corrected chi connectivity index (χ1v) is 8.52. The van der Waals surface area contributed by atoms with E-state index in [0.29, 0.717) is 22.6 Å². The topological polar surface area (TPSA) is 95.5 Å². The average molecular weight is 395 g/mol. The van der Waals surface area contributed by atoms with Crippen LogP contribution in [-0.2, 0) is 0 Å². The summed E-state index contributed by atoms with van der Waals surface area (Å²) in [4.78, 5) is 27.2. The van der Waals surface area contributed by atoms with Crippen molar-refractivity contribution < 1.29 is 18.9 Å². The zero-order valence-electron chi connectivity index (χ0n) is 14.2. The van der Waals surface area contributed by atoms with E-state index in [4.69, 9.17) is 20.8 Å². The van der Waals surface area contributed by atoms with Crippen LogP contribution in [0.15, 0.2) is 71.1 Å². The number of rotatable bonds is 4. The van der Waals surface area contributed by atoms with Crippen molar-refractivity contribution in [2.24, 2.45) is 0 Å². The number of para-hydroxylation sites is 3. The highest BCUT2D eigenvalue weighted by Gasteiger charge is 2.20.